The van der Waals surface area contributed by atoms with E-state index in [1.165, 1.54) is 0 Å². The van der Waals surface area contributed by atoms with Gasteiger partial charge in [0.15, 0.2) is 5.79 Å². The highest BCUT2D eigenvalue weighted by Gasteiger charge is 2.40. The number of rotatable bonds is 3. The third kappa shape index (κ3) is 3.56. The zero-order valence-electron chi connectivity index (χ0n) is 12.8. The first-order chi connectivity index (χ1) is 10.2. The lowest BCUT2D eigenvalue weighted by atomic mass is 9.89. The predicted molar refractivity (Wildman–Crippen MR) is 76.9 cm³/mol. The van der Waals surface area contributed by atoms with Gasteiger partial charge in [0, 0.05) is 32.0 Å². The van der Waals surface area contributed by atoms with Crippen molar-refractivity contribution in [2.24, 2.45) is 0 Å². The Morgan fingerprint density at radius 1 is 1.14 bits per heavy atom. The van der Waals surface area contributed by atoms with E-state index in [0.717, 1.165) is 25.7 Å². The summed E-state index contributed by atoms with van der Waals surface area (Å²) in [7, 11) is 0. The van der Waals surface area contributed by atoms with Gasteiger partial charge in [0.05, 0.1) is 32.5 Å². The van der Waals surface area contributed by atoms with Crippen LogP contribution < -0.4 is 5.32 Å². The largest absolute Gasteiger partial charge is 0.378 e. The number of nitrogens with zero attached hydrogens (tertiary/aromatic N) is 1. The standard InChI is InChI=1S/C15H26N2O4/c1-12(14(18)17-6-8-19-9-7-17)16-13-2-4-15(5-3-13)20-10-11-21-15/h12-13,16H,2-11H2,1H3. The lowest BCUT2D eigenvalue weighted by Crippen LogP contribution is -2.53. The molecular formula is C15H26N2O4. The highest BCUT2D eigenvalue weighted by molar-refractivity contribution is 5.81. The Hall–Kier alpha value is -0.690. The van der Waals surface area contributed by atoms with E-state index in [-0.39, 0.29) is 17.7 Å². The molecule has 1 N–H and O–H groups in total. The van der Waals surface area contributed by atoms with Crippen molar-refractivity contribution in [1.29, 1.82) is 0 Å². The molecule has 0 aromatic carbocycles. The predicted octanol–water partition coefficient (Wildman–Crippen LogP) is 0.509. The van der Waals surface area contributed by atoms with Crippen LogP contribution in [0.2, 0.25) is 0 Å². The second-order valence-electron chi connectivity index (χ2n) is 6.21. The second-order valence-corrected chi connectivity index (χ2v) is 6.21. The molecule has 1 aliphatic carbocycles. The molecule has 3 fully saturated rings. The van der Waals surface area contributed by atoms with Crippen LogP contribution in [0.1, 0.15) is 32.6 Å². The Morgan fingerprint density at radius 2 is 1.76 bits per heavy atom. The molecular weight excluding hydrogens is 272 g/mol. The van der Waals surface area contributed by atoms with Gasteiger partial charge in [-0.2, -0.15) is 0 Å². The van der Waals surface area contributed by atoms with Crippen molar-refractivity contribution in [2.75, 3.05) is 39.5 Å². The molecule has 2 aliphatic heterocycles. The summed E-state index contributed by atoms with van der Waals surface area (Å²) in [6, 6.07) is 0.246. The summed E-state index contributed by atoms with van der Waals surface area (Å²) in [6.07, 6.45) is 3.84. The summed E-state index contributed by atoms with van der Waals surface area (Å²) >= 11 is 0. The normalized spacial score (nSPS) is 28.0. The van der Waals surface area contributed by atoms with Gasteiger partial charge in [0.1, 0.15) is 0 Å². The molecule has 1 atom stereocenters. The van der Waals surface area contributed by atoms with Crippen molar-refractivity contribution in [3.05, 3.63) is 0 Å². The van der Waals surface area contributed by atoms with Gasteiger partial charge >= 0.3 is 0 Å². The zero-order chi connectivity index (χ0) is 14.7. The lowest BCUT2D eigenvalue weighted by molar-refractivity contribution is -0.179. The van der Waals surface area contributed by atoms with Crippen molar-refractivity contribution in [1.82, 2.24) is 10.2 Å². The minimum absolute atomic E-state index is 0.132. The molecule has 1 unspecified atom stereocenters. The molecule has 0 radical (unpaired) electrons. The Bertz CT molecular complexity index is 355. The molecule has 2 heterocycles. The average Bonchev–Trinajstić information content (AvgIpc) is 2.98. The zero-order valence-corrected chi connectivity index (χ0v) is 12.8. The molecule has 0 aromatic rings. The van der Waals surface area contributed by atoms with Gasteiger partial charge in [-0.05, 0) is 19.8 Å². The Balaban J connectivity index is 1.44. The molecule has 6 nitrogen and oxygen atoms in total. The molecule has 1 spiro atoms. The molecule has 0 bridgehead atoms. The maximum absolute atomic E-state index is 12.4. The summed E-state index contributed by atoms with van der Waals surface area (Å²) in [4.78, 5) is 14.3. The number of nitrogens with one attached hydrogen (secondary N) is 1. The molecule has 1 saturated carbocycles. The monoisotopic (exact) mass is 298 g/mol. The Labute approximate surface area is 126 Å². The fraction of sp³-hybridized carbons (Fsp3) is 0.933. The van der Waals surface area contributed by atoms with Gasteiger partial charge in [0.25, 0.3) is 0 Å². The van der Waals surface area contributed by atoms with E-state index in [0.29, 0.717) is 45.6 Å². The topological polar surface area (TPSA) is 60.0 Å². The number of ether oxygens (including phenoxy) is 3. The van der Waals surface area contributed by atoms with Crippen LogP contribution in [0.15, 0.2) is 0 Å². The highest BCUT2D eigenvalue weighted by Crippen LogP contribution is 2.35. The van der Waals surface area contributed by atoms with Crippen LogP contribution in [0.4, 0.5) is 0 Å². The molecule has 21 heavy (non-hydrogen) atoms. The number of amides is 1. The molecule has 6 heteroatoms. The highest BCUT2D eigenvalue weighted by atomic mass is 16.7. The quantitative estimate of drug-likeness (QED) is 0.822. The van der Waals surface area contributed by atoms with Crippen LogP contribution in [0, 0.1) is 0 Å². The van der Waals surface area contributed by atoms with E-state index in [1.807, 2.05) is 11.8 Å². The lowest BCUT2D eigenvalue weighted by Gasteiger charge is -2.37. The summed E-state index contributed by atoms with van der Waals surface area (Å²) < 4.78 is 16.8. The van der Waals surface area contributed by atoms with E-state index in [1.54, 1.807) is 0 Å². The molecule has 0 aromatic heterocycles. The first kappa shape index (κ1) is 15.2. The van der Waals surface area contributed by atoms with Gasteiger partial charge in [-0.25, -0.2) is 0 Å². The first-order valence-corrected chi connectivity index (χ1v) is 8.09. The van der Waals surface area contributed by atoms with Crippen molar-refractivity contribution in [3.63, 3.8) is 0 Å². The van der Waals surface area contributed by atoms with Crippen molar-refractivity contribution >= 4 is 5.91 Å². The minimum atomic E-state index is -0.324. The molecule has 120 valence electrons. The van der Waals surface area contributed by atoms with E-state index in [2.05, 4.69) is 5.32 Å². The summed E-state index contributed by atoms with van der Waals surface area (Å²) in [5, 5.41) is 3.48. The fourth-order valence-electron chi connectivity index (χ4n) is 3.49. The molecule has 1 amide bonds. The van der Waals surface area contributed by atoms with Crippen LogP contribution in [0.3, 0.4) is 0 Å². The van der Waals surface area contributed by atoms with E-state index >= 15 is 0 Å². The van der Waals surface area contributed by atoms with E-state index in [9.17, 15) is 4.79 Å². The summed E-state index contributed by atoms with van der Waals surface area (Å²) in [6.45, 7) is 6.11. The maximum Gasteiger partial charge on any atom is 0.239 e. The van der Waals surface area contributed by atoms with Crippen molar-refractivity contribution < 1.29 is 19.0 Å². The van der Waals surface area contributed by atoms with E-state index < -0.39 is 0 Å². The van der Waals surface area contributed by atoms with Crippen molar-refractivity contribution in [2.45, 2.75) is 50.5 Å². The van der Waals surface area contributed by atoms with Gasteiger partial charge in [-0.3, -0.25) is 4.79 Å². The van der Waals surface area contributed by atoms with Crippen LogP contribution in [-0.4, -0.2) is 68.2 Å². The minimum Gasteiger partial charge on any atom is -0.378 e. The van der Waals surface area contributed by atoms with E-state index in [4.69, 9.17) is 14.2 Å². The summed E-state index contributed by atoms with van der Waals surface area (Å²) in [5.74, 6) is -0.137. The van der Waals surface area contributed by atoms with Gasteiger partial charge in [-0.1, -0.05) is 0 Å². The number of morpholine rings is 1. The molecule has 3 rings (SSSR count). The van der Waals surface area contributed by atoms with Crippen molar-refractivity contribution in [3.8, 4) is 0 Å². The first-order valence-electron chi connectivity index (χ1n) is 8.09. The number of carbonyl (C=O) groups is 1. The van der Waals surface area contributed by atoms with Gasteiger partial charge in [-0.15, -0.1) is 0 Å². The molecule has 2 saturated heterocycles. The van der Waals surface area contributed by atoms with Crippen LogP contribution >= 0.6 is 0 Å². The number of hydrogen-bond acceptors (Lipinski definition) is 5. The SMILES string of the molecule is CC(NC1CCC2(CC1)OCCO2)C(=O)N1CCOCC1. The maximum atomic E-state index is 12.4. The smallest absolute Gasteiger partial charge is 0.239 e. The fourth-order valence-corrected chi connectivity index (χ4v) is 3.49. The second kappa shape index (κ2) is 6.60. The summed E-state index contributed by atoms with van der Waals surface area (Å²) in [5.41, 5.74) is 0. The molecule has 3 aliphatic rings. The number of carbonyl (C=O) groups excluding carboxylic acids is 1. The Kier molecular flexibility index (Phi) is 4.78. The Morgan fingerprint density at radius 3 is 2.38 bits per heavy atom. The third-order valence-electron chi connectivity index (χ3n) is 4.74. The van der Waals surface area contributed by atoms with Crippen LogP contribution in [0.5, 0.6) is 0 Å². The van der Waals surface area contributed by atoms with Gasteiger partial charge < -0.3 is 24.4 Å². The van der Waals surface area contributed by atoms with Gasteiger partial charge in [0.2, 0.25) is 5.91 Å². The van der Waals surface area contributed by atoms with Crippen LogP contribution in [0.25, 0.3) is 0 Å². The number of hydrogen-bond donors (Lipinski definition) is 1. The third-order valence-corrected chi connectivity index (χ3v) is 4.74. The average molecular weight is 298 g/mol. The van der Waals surface area contributed by atoms with Crippen LogP contribution in [-0.2, 0) is 19.0 Å².